The number of halogens is 1. The molecule has 2 N–H and O–H groups in total. The number of thiazole rings is 1. The fourth-order valence-corrected chi connectivity index (χ4v) is 2.40. The maximum atomic E-state index is 5.25. The summed E-state index contributed by atoms with van der Waals surface area (Å²) in [5, 5.41) is 7.59. The Labute approximate surface area is 139 Å². The van der Waals surface area contributed by atoms with Crippen LogP contribution in [0.4, 0.5) is 0 Å². The Hall–Kier alpha value is -1.09. The van der Waals surface area contributed by atoms with E-state index in [-0.39, 0.29) is 24.0 Å². The Balaban J connectivity index is 0.00000200. The van der Waals surface area contributed by atoms with Crippen molar-refractivity contribution in [2.45, 2.75) is 19.9 Å². The van der Waals surface area contributed by atoms with E-state index in [1.165, 1.54) is 4.88 Å². The van der Waals surface area contributed by atoms with Gasteiger partial charge >= 0.3 is 0 Å². The fourth-order valence-electron chi connectivity index (χ4n) is 1.61. The number of hydrogen-bond donors (Lipinski definition) is 2. The van der Waals surface area contributed by atoms with E-state index in [4.69, 9.17) is 4.42 Å². The molecule has 0 atom stereocenters. The Kier molecular flexibility index (Phi) is 7.60. The van der Waals surface area contributed by atoms with E-state index in [9.17, 15) is 0 Å². The second kappa shape index (κ2) is 8.96. The van der Waals surface area contributed by atoms with Gasteiger partial charge in [-0.15, -0.1) is 35.3 Å². The molecule has 2 rings (SSSR count). The third-order valence-electron chi connectivity index (χ3n) is 2.53. The van der Waals surface area contributed by atoms with Gasteiger partial charge in [-0.05, 0) is 19.1 Å². The standard InChI is InChI=1S/C13H18N4OS.HI/c1-10-8-16-12(19-10)5-6-15-13(14-2)17-9-11-4-3-7-18-11;/h3-4,7-8H,5-6,9H2,1-2H3,(H2,14,15,17);1H. The molecule has 2 heterocycles. The van der Waals surface area contributed by atoms with Gasteiger partial charge in [0, 0.05) is 31.1 Å². The quantitative estimate of drug-likeness (QED) is 0.455. The van der Waals surface area contributed by atoms with Crippen LogP contribution < -0.4 is 10.6 Å². The van der Waals surface area contributed by atoms with Crippen LogP contribution in [0.25, 0.3) is 0 Å². The number of aromatic nitrogens is 1. The van der Waals surface area contributed by atoms with Gasteiger partial charge in [0.25, 0.3) is 0 Å². The molecule has 110 valence electrons. The van der Waals surface area contributed by atoms with E-state index in [1.54, 1.807) is 24.6 Å². The van der Waals surface area contributed by atoms with E-state index >= 15 is 0 Å². The molecular formula is C13H19IN4OS. The molecule has 20 heavy (non-hydrogen) atoms. The number of aryl methyl sites for hydroxylation is 1. The van der Waals surface area contributed by atoms with Crippen molar-refractivity contribution >= 4 is 41.3 Å². The largest absolute Gasteiger partial charge is 0.467 e. The third kappa shape index (κ3) is 5.49. The highest BCUT2D eigenvalue weighted by molar-refractivity contribution is 14.0. The molecule has 0 unspecified atom stereocenters. The Morgan fingerprint density at radius 2 is 2.30 bits per heavy atom. The molecule has 0 amide bonds. The minimum Gasteiger partial charge on any atom is -0.467 e. The zero-order chi connectivity index (χ0) is 13.5. The monoisotopic (exact) mass is 406 g/mol. The van der Waals surface area contributed by atoms with Gasteiger partial charge in [-0.1, -0.05) is 0 Å². The summed E-state index contributed by atoms with van der Waals surface area (Å²) in [7, 11) is 1.75. The number of aliphatic imine (C=N–C) groups is 1. The summed E-state index contributed by atoms with van der Waals surface area (Å²) in [6.07, 6.45) is 4.47. The van der Waals surface area contributed by atoms with Crippen LogP contribution in [0, 0.1) is 6.92 Å². The van der Waals surface area contributed by atoms with Gasteiger partial charge in [-0.2, -0.15) is 0 Å². The van der Waals surface area contributed by atoms with Gasteiger partial charge in [0.05, 0.1) is 17.8 Å². The van der Waals surface area contributed by atoms with Crippen molar-refractivity contribution in [1.82, 2.24) is 15.6 Å². The highest BCUT2D eigenvalue weighted by Gasteiger charge is 2.01. The molecule has 2 aromatic rings. The normalized spacial score (nSPS) is 11.0. The summed E-state index contributed by atoms with van der Waals surface area (Å²) < 4.78 is 5.25. The number of hydrogen-bond acceptors (Lipinski definition) is 4. The topological polar surface area (TPSA) is 62.5 Å². The Bertz CT molecular complexity index is 524. The molecule has 0 spiro atoms. The van der Waals surface area contributed by atoms with Crippen LogP contribution in [0.15, 0.2) is 34.0 Å². The molecule has 2 aromatic heterocycles. The minimum atomic E-state index is 0. The molecule has 0 saturated heterocycles. The van der Waals surface area contributed by atoms with Gasteiger partial charge in [0.2, 0.25) is 0 Å². The molecule has 0 saturated carbocycles. The second-order valence-corrected chi connectivity index (χ2v) is 5.37. The molecule has 0 aliphatic rings. The van der Waals surface area contributed by atoms with Crippen LogP contribution in [-0.4, -0.2) is 24.5 Å². The van der Waals surface area contributed by atoms with Crippen molar-refractivity contribution in [3.63, 3.8) is 0 Å². The lowest BCUT2D eigenvalue weighted by atomic mass is 10.4. The van der Waals surface area contributed by atoms with Crippen molar-refractivity contribution in [3.05, 3.63) is 40.2 Å². The van der Waals surface area contributed by atoms with Crippen LogP contribution in [0.3, 0.4) is 0 Å². The smallest absolute Gasteiger partial charge is 0.191 e. The van der Waals surface area contributed by atoms with E-state index in [0.717, 1.165) is 29.7 Å². The summed E-state index contributed by atoms with van der Waals surface area (Å²) in [6.45, 7) is 3.51. The average Bonchev–Trinajstić information content (AvgIpc) is 3.05. The van der Waals surface area contributed by atoms with Gasteiger partial charge in [0.1, 0.15) is 5.76 Å². The zero-order valence-corrected chi connectivity index (χ0v) is 14.7. The maximum Gasteiger partial charge on any atom is 0.191 e. The predicted octanol–water partition coefficient (Wildman–Crippen LogP) is 2.57. The number of nitrogens with one attached hydrogen (secondary N) is 2. The predicted molar refractivity (Wildman–Crippen MR) is 92.9 cm³/mol. The van der Waals surface area contributed by atoms with Crippen molar-refractivity contribution in [2.24, 2.45) is 4.99 Å². The summed E-state index contributed by atoms with van der Waals surface area (Å²) >= 11 is 1.73. The van der Waals surface area contributed by atoms with Gasteiger partial charge in [-0.3, -0.25) is 4.99 Å². The molecule has 0 fully saturated rings. The summed E-state index contributed by atoms with van der Waals surface area (Å²) in [5.41, 5.74) is 0. The van der Waals surface area contributed by atoms with Gasteiger partial charge in [0.15, 0.2) is 5.96 Å². The van der Waals surface area contributed by atoms with Crippen molar-refractivity contribution in [3.8, 4) is 0 Å². The lowest BCUT2D eigenvalue weighted by Gasteiger charge is -2.09. The SMILES string of the molecule is CN=C(NCCc1ncc(C)s1)NCc1ccco1.I. The molecule has 0 bridgehead atoms. The van der Waals surface area contributed by atoms with Crippen molar-refractivity contribution < 1.29 is 4.42 Å². The Morgan fingerprint density at radius 1 is 1.45 bits per heavy atom. The Morgan fingerprint density at radius 3 is 2.90 bits per heavy atom. The van der Waals surface area contributed by atoms with E-state index in [0.29, 0.717) is 6.54 Å². The van der Waals surface area contributed by atoms with Crippen molar-refractivity contribution in [2.75, 3.05) is 13.6 Å². The summed E-state index contributed by atoms with van der Waals surface area (Å²) in [5.74, 6) is 1.66. The second-order valence-electron chi connectivity index (χ2n) is 4.05. The molecule has 0 aliphatic carbocycles. The molecule has 0 aliphatic heterocycles. The summed E-state index contributed by atoms with van der Waals surface area (Å²) in [4.78, 5) is 9.73. The number of rotatable bonds is 5. The zero-order valence-electron chi connectivity index (χ0n) is 11.5. The molecule has 7 heteroatoms. The highest BCUT2D eigenvalue weighted by atomic mass is 127. The molecular weight excluding hydrogens is 387 g/mol. The van der Waals surface area contributed by atoms with E-state index in [1.807, 2.05) is 18.3 Å². The van der Waals surface area contributed by atoms with Crippen molar-refractivity contribution in [1.29, 1.82) is 0 Å². The first-order valence-corrected chi connectivity index (χ1v) is 6.98. The van der Waals surface area contributed by atoms with E-state index in [2.05, 4.69) is 27.5 Å². The fraction of sp³-hybridized carbons (Fsp3) is 0.385. The van der Waals surface area contributed by atoms with Crippen LogP contribution in [0.5, 0.6) is 0 Å². The lowest BCUT2D eigenvalue weighted by Crippen LogP contribution is -2.37. The maximum absolute atomic E-state index is 5.25. The molecule has 0 aromatic carbocycles. The highest BCUT2D eigenvalue weighted by Crippen LogP contribution is 2.10. The number of furan rings is 1. The van der Waals surface area contributed by atoms with Crippen LogP contribution in [0.1, 0.15) is 15.6 Å². The first-order chi connectivity index (χ1) is 9.28. The average molecular weight is 406 g/mol. The van der Waals surface area contributed by atoms with Crippen LogP contribution in [-0.2, 0) is 13.0 Å². The van der Waals surface area contributed by atoms with Gasteiger partial charge in [-0.25, -0.2) is 4.98 Å². The number of nitrogens with zero attached hydrogens (tertiary/aromatic N) is 2. The third-order valence-corrected chi connectivity index (χ3v) is 3.51. The molecule has 0 radical (unpaired) electrons. The van der Waals surface area contributed by atoms with Crippen LogP contribution in [0.2, 0.25) is 0 Å². The van der Waals surface area contributed by atoms with Crippen LogP contribution >= 0.6 is 35.3 Å². The minimum absolute atomic E-state index is 0. The van der Waals surface area contributed by atoms with E-state index < -0.39 is 0 Å². The lowest BCUT2D eigenvalue weighted by molar-refractivity contribution is 0.501. The molecule has 5 nitrogen and oxygen atoms in total. The number of guanidine groups is 1. The summed E-state index contributed by atoms with van der Waals surface area (Å²) in [6, 6.07) is 3.80. The van der Waals surface area contributed by atoms with Gasteiger partial charge < -0.3 is 15.1 Å². The first-order valence-electron chi connectivity index (χ1n) is 6.16. The first kappa shape index (κ1) is 17.0.